The Morgan fingerprint density at radius 3 is 2.62 bits per heavy atom. The molecule has 0 atom stereocenters. The lowest BCUT2D eigenvalue weighted by atomic mass is 10.2. The molecular formula is C13H16N2O. The van der Waals surface area contributed by atoms with Gasteiger partial charge in [0.2, 0.25) is 5.88 Å². The van der Waals surface area contributed by atoms with Crippen molar-refractivity contribution in [2.75, 3.05) is 0 Å². The summed E-state index contributed by atoms with van der Waals surface area (Å²) >= 11 is 0. The van der Waals surface area contributed by atoms with E-state index >= 15 is 0 Å². The number of ether oxygens (including phenoxy) is 1. The van der Waals surface area contributed by atoms with Crippen LogP contribution in [-0.4, -0.2) is 9.78 Å². The van der Waals surface area contributed by atoms with E-state index in [1.54, 1.807) is 6.20 Å². The van der Waals surface area contributed by atoms with Gasteiger partial charge in [0.15, 0.2) is 0 Å². The number of aromatic nitrogens is 2. The number of rotatable bonds is 4. The van der Waals surface area contributed by atoms with E-state index in [1.807, 2.05) is 28.9 Å². The minimum Gasteiger partial charge on any atom is -0.473 e. The molecule has 3 heteroatoms. The number of nitrogens with zero attached hydrogens (tertiary/aromatic N) is 2. The van der Waals surface area contributed by atoms with Crippen LogP contribution in [0.3, 0.4) is 0 Å². The fourth-order valence-electron chi connectivity index (χ4n) is 1.54. The van der Waals surface area contributed by atoms with Crippen LogP contribution in [0.4, 0.5) is 0 Å². The minimum atomic E-state index is 0.320. The third-order valence-electron chi connectivity index (χ3n) is 2.35. The van der Waals surface area contributed by atoms with Crippen molar-refractivity contribution in [3.8, 4) is 5.88 Å². The molecule has 0 amide bonds. The van der Waals surface area contributed by atoms with E-state index in [4.69, 9.17) is 4.74 Å². The lowest BCUT2D eigenvalue weighted by Gasteiger charge is -2.11. The van der Waals surface area contributed by atoms with Crippen molar-refractivity contribution in [1.82, 2.24) is 9.78 Å². The first-order valence-corrected chi connectivity index (χ1v) is 5.47. The average Bonchev–Trinajstić information content (AvgIpc) is 2.76. The second kappa shape index (κ2) is 4.84. The molecule has 0 spiro atoms. The molecule has 0 saturated heterocycles. The summed E-state index contributed by atoms with van der Waals surface area (Å²) in [5, 5.41) is 4.22. The molecule has 1 heterocycles. The van der Waals surface area contributed by atoms with Crippen LogP contribution in [0.25, 0.3) is 0 Å². The molecule has 2 aromatic rings. The predicted octanol–water partition coefficient (Wildman–Crippen LogP) is 3.04. The van der Waals surface area contributed by atoms with E-state index in [-0.39, 0.29) is 0 Å². The summed E-state index contributed by atoms with van der Waals surface area (Å²) in [6.07, 6.45) is 1.76. The summed E-state index contributed by atoms with van der Waals surface area (Å²) in [6.45, 7) is 4.75. The fraction of sp³-hybridized carbons (Fsp3) is 0.308. The summed E-state index contributed by atoms with van der Waals surface area (Å²) in [5.74, 6) is 0.818. The smallest absolute Gasteiger partial charge is 0.212 e. The topological polar surface area (TPSA) is 27.1 Å². The molecule has 0 aliphatic carbocycles. The van der Waals surface area contributed by atoms with E-state index in [9.17, 15) is 0 Å². The van der Waals surface area contributed by atoms with Gasteiger partial charge in [-0.25, -0.2) is 4.68 Å². The van der Waals surface area contributed by atoms with E-state index in [2.05, 4.69) is 31.1 Å². The molecule has 3 nitrogen and oxygen atoms in total. The Bertz CT molecular complexity index is 434. The third-order valence-corrected chi connectivity index (χ3v) is 2.35. The number of hydrogen-bond donors (Lipinski definition) is 0. The lowest BCUT2D eigenvalue weighted by Crippen LogP contribution is -2.07. The van der Waals surface area contributed by atoms with Crippen LogP contribution in [-0.2, 0) is 6.61 Å². The molecule has 0 aliphatic heterocycles. The maximum atomic E-state index is 5.72. The summed E-state index contributed by atoms with van der Waals surface area (Å²) in [4.78, 5) is 0. The van der Waals surface area contributed by atoms with E-state index < -0.39 is 0 Å². The van der Waals surface area contributed by atoms with Crippen LogP contribution in [0.1, 0.15) is 25.5 Å². The third kappa shape index (κ3) is 2.42. The Kier molecular flexibility index (Phi) is 3.25. The highest BCUT2D eigenvalue weighted by molar-refractivity contribution is 5.15. The molecule has 0 aliphatic rings. The number of benzene rings is 1. The molecule has 84 valence electrons. The highest BCUT2D eigenvalue weighted by Gasteiger charge is 2.06. The van der Waals surface area contributed by atoms with E-state index in [0.717, 1.165) is 5.88 Å². The summed E-state index contributed by atoms with van der Waals surface area (Å²) in [7, 11) is 0. The van der Waals surface area contributed by atoms with Gasteiger partial charge in [-0.15, -0.1) is 0 Å². The van der Waals surface area contributed by atoms with Crippen LogP contribution in [0.5, 0.6) is 5.88 Å². The van der Waals surface area contributed by atoms with Gasteiger partial charge in [0, 0.05) is 6.07 Å². The minimum absolute atomic E-state index is 0.320. The lowest BCUT2D eigenvalue weighted by molar-refractivity contribution is 0.265. The van der Waals surface area contributed by atoms with Crippen LogP contribution in [0, 0.1) is 0 Å². The Morgan fingerprint density at radius 2 is 1.94 bits per heavy atom. The van der Waals surface area contributed by atoms with Gasteiger partial charge in [0.05, 0.1) is 12.2 Å². The molecule has 0 N–H and O–H groups in total. The quantitative estimate of drug-likeness (QED) is 0.785. The van der Waals surface area contributed by atoms with Crippen LogP contribution in [0.2, 0.25) is 0 Å². The highest BCUT2D eigenvalue weighted by atomic mass is 16.5. The Hall–Kier alpha value is -1.77. The second-order valence-electron chi connectivity index (χ2n) is 3.98. The van der Waals surface area contributed by atoms with Gasteiger partial charge in [-0.05, 0) is 19.4 Å². The van der Waals surface area contributed by atoms with Crippen molar-refractivity contribution in [2.45, 2.75) is 26.5 Å². The zero-order valence-corrected chi connectivity index (χ0v) is 9.63. The van der Waals surface area contributed by atoms with Crippen LogP contribution in [0.15, 0.2) is 42.6 Å². The first-order valence-electron chi connectivity index (χ1n) is 5.47. The maximum Gasteiger partial charge on any atom is 0.212 e. The zero-order chi connectivity index (χ0) is 11.4. The molecule has 0 unspecified atom stereocenters. The molecular weight excluding hydrogens is 200 g/mol. The van der Waals surface area contributed by atoms with Crippen molar-refractivity contribution < 1.29 is 4.74 Å². The van der Waals surface area contributed by atoms with Gasteiger partial charge >= 0.3 is 0 Å². The molecule has 0 radical (unpaired) electrons. The molecule has 1 aromatic heterocycles. The van der Waals surface area contributed by atoms with Crippen molar-refractivity contribution in [3.63, 3.8) is 0 Å². The average molecular weight is 216 g/mol. The monoisotopic (exact) mass is 216 g/mol. The molecule has 2 rings (SSSR count). The summed E-state index contributed by atoms with van der Waals surface area (Å²) in [6, 6.07) is 12.3. The summed E-state index contributed by atoms with van der Waals surface area (Å²) < 4.78 is 7.60. The maximum absolute atomic E-state index is 5.72. The molecule has 0 bridgehead atoms. The van der Waals surface area contributed by atoms with Crippen molar-refractivity contribution in [1.29, 1.82) is 0 Å². The summed E-state index contributed by atoms with van der Waals surface area (Å²) in [5.41, 5.74) is 1.17. The van der Waals surface area contributed by atoms with Crippen molar-refractivity contribution in [3.05, 3.63) is 48.2 Å². The fourth-order valence-corrected chi connectivity index (χ4v) is 1.54. The first-order chi connectivity index (χ1) is 7.77. The van der Waals surface area contributed by atoms with Crippen LogP contribution >= 0.6 is 0 Å². The van der Waals surface area contributed by atoms with E-state index in [1.165, 1.54) is 5.56 Å². The number of hydrogen-bond acceptors (Lipinski definition) is 2. The first kappa shape index (κ1) is 10.7. The molecule has 16 heavy (non-hydrogen) atoms. The van der Waals surface area contributed by atoms with Crippen molar-refractivity contribution >= 4 is 0 Å². The van der Waals surface area contributed by atoms with Gasteiger partial charge in [-0.2, -0.15) is 5.10 Å². The molecule has 0 saturated carbocycles. The largest absolute Gasteiger partial charge is 0.473 e. The second-order valence-corrected chi connectivity index (χ2v) is 3.98. The predicted molar refractivity (Wildman–Crippen MR) is 63.4 cm³/mol. The van der Waals surface area contributed by atoms with E-state index in [0.29, 0.717) is 12.6 Å². The SMILES string of the molecule is CC(C)n1nccc1OCc1ccccc1. The zero-order valence-electron chi connectivity index (χ0n) is 9.63. The molecule has 1 aromatic carbocycles. The normalized spacial score (nSPS) is 10.7. The van der Waals surface area contributed by atoms with Crippen LogP contribution < -0.4 is 4.74 Å². The Morgan fingerprint density at radius 1 is 1.19 bits per heavy atom. The Labute approximate surface area is 95.7 Å². The van der Waals surface area contributed by atoms with Gasteiger partial charge < -0.3 is 4.74 Å². The highest BCUT2D eigenvalue weighted by Crippen LogP contribution is 2.16. The van der Waals surface area contributed by atoms with Gasteiger partial charge in [-0.1, -0.05) is 30.3 Å². The van der Waals surface area contributed by atoms with Crippen molar-refractivity contribution in [2.24, 2.45) is 0 Å². The van der Waals surface area contributed by atoms with Gasteiger partial charge in [0.1, 0.15) is 6.61 Å². The molecule has 0 fully saturated rings. The van der Waals surface area contributed by atoms with Gasteiger partial charge in [-0.3, -0.25) is 0 Å². The standard InChI is InChI=1S/C13H16N2O/c1-11(2)15-13(8-9-14-15)16-10-12-6-4-3-5-7-12/h3-9,11H,10H2,1-2H3. The van der Waals surface area contributed by atoms with Gasteiger partial charge in [0.25, 0.3) is 0 Å². The Balaban J connectivity index is 2.02.